The number of nitrogen functional groups attached to an aromatic ring is 1. The van der Waals surface area contributed by atoms with E-state index in [0.29, 0.717) is 22.5 Å². The summed E-state index contributed by atoms with van der Waals surface area (Å²) < 4.78 is 13.0. The molecule has 3 nitrogen and oxygen atoms in total. The minimum atomic E-state index is -0.321. The topological polar surface area (TPSA) is 55.1 Å². The summed E-state index contributed by atoms with van der Waals surface area (Å²) in [5.41, 5.74) is 9.01. The molecule has 0 radical (unpaired) electrons. The monoisotopic (exact) mass is 258 g/mol. The highest BCUT2D eigenvalue weighted by atomic mass is 19.1. The summed E-state index contributed by atoms with van der Waals surface area (Å²) in [5, 5.41) is 2.75. The van der Waals surface area contributed by atoms with E-state index in [9.17, 15) is 9.18 Å². The Hall–Kier alpha value is -2.36. The molecular formula is C15H15FN2O. The van der Waals surface area contributed by atoms with Crippen LogP contribution < -0.4 is 11.1 Å². The molecule has 2 aromatic rings. The number of rotatable bonds is 2. The molecule has 0 aliphatic rings. The van der Waals surface area contributed by atoms with Crippen molar-refractivity contribution < 1.29 is 9.18 Å². The lowest BCUT2D eigenvalue weighted by molar-refractivity contribution is 0.102. The number of benzene rings is 2. The second-order valence-corrected chi connectivity index (χ2v) is 4.48. The number of hydrogen-bond acceptors (Lipinski definition) is 2. The van der Waals surface area contributed by atoms with E-state index in [2.05, 4.69) is 5.32 Å². The lowest BCUT2D eigenvalue weighted by Crippen LogP contribution is -2.13. The summed E-state index contributed by atoms with van der Waals surface area (Å²) in [6, 6.07) is 9.33. The van der Waals surface area contributed by atoms with E-state index in [1.807, 2.05) is 6.92 Å². The first-order chi connectivity index (χ1) is 8.97. The normalized spacial score (nSPS) is 10.3. The maximum atomic E-state index is 13.0. The van der Waals surface area contributed by atoms with Crippen LogP contribution in [0, 0.1) is 19.7 Å². The molecule has 0 aromatic heterocycles. The number of hydrogen-bond donors (Lipinski definition) is 2. The van der Waals surface area contributed by atoms with Crippen LogP contribution in [0.5, 0.6) is 0 Å². The van der Waals surface area contributed by atoms with Gasteiger partial charge in [0.25, 0.3) is 5.91 Å². The second kappa shape index (κ2) is 5.10. The van der Waals surface area contributed by atoms with Crippen molar-refractivity contribution in [3.8, 4) is 0 Å². The zero-order valence-corrected chi connectivity index (χ0v) is 10.8. The van der Waals surface area contributed by atoms with Crippen molar-refractivity contribution in [1.82, 2.24) is 0 Å². The van der Waals surface area contributed by atoms with E-state index in [0.717, 1.165) is 5.56 Å². The molecule has 0 aliphatic carbocycles. The number of aryl methyl sites for hydroxylation is 2. The molecule has 4 heteroatoms. The number of nitrogens with two attached hydrogens (primary N) is 1. The van der Waals surface area contributed by atoms with Crippen LogP contribution in [0.3, 0.4) is 0 Å². The minimum absolute atomic E-state index is 0.238. The molecule has 0 aliphatic heterocycles. The average molecular weight is 258 g/mol. The van der Waals surface area contributed by atoms with Gasteiger partial charge in [-0.15, -0.1) is 0 Å². The van der Waals surface area contributed by atoms with E-state index < -0.39 is 0 Å². The highest BCUT2D eigenvalue weighted by Gasteiger charge is 2.09. The van der Waals surface area contributed by atoms with E-state index in [1.54, 1.807) is 31.2 Å². The van der Waals surface area contributed by atoms with Crippen molar-refractivity contribution in [1.29, 1.82) is 0 Å². The molecule has 2 aromatic carbocycles. The van der Waals surface area contributed by atoms with Crippen LogP contribution in [0.4, 0.5) is 15.8 Å². The standard InChI is InChI=1S/C15H15FN2O/c1-9-7-11(3-5-13(9)17)15(19)18-14-6-4-12(16)8-10(14)2/h3-8H,17H2,1-2H3,(H,18,19). The van der Waals surface area contributed by atoms with Crippen LogP contribution in [0.15, 0.2) is 36.4 Å². The Kier molecular flexibility index (Phi) is 3.51. The Morgan fingerprint density at radius 3 is 2.47 bits per heavy atom. The van der Waals surface area contributed by atoms with Gasteiger partial charge in [0.2, 0.25) is 0 Å². The maximum absolute atomic E-state index is 13.0. The number of halogens is 1. The molecular weight excluding hydrogens is 243 g/mol. The van der Waals surface area contributed by atoms with Crippen LogP contribution in [0.25, 0.3) is 0 Å². The smallest absolute Gasteiger partial charge is 0.255 e. The molecule has 0 fully saturated rings. The average Bonchev–Trinajstić information content (AvgIpc) is 2.36. The molecule has 0 spiro atoms. The summed E-state index contributed by atoms with van der Waals surface area (Å²) >= 11 is 0. The predicted molar refractivity (Wildman–Crippen MR) is 74.7 cm³/mol. The molecule has 0 atom stereocenters. The largest absolute Gasteiger partial charge is 0.399 e. The molecule has 0 saturated carbocycles. The summed E-state index contributed by atoms with van der Waals surface area (Å²) in [4.78, 5) is 12.1. The third kappa shape index (κ3) is 2.91. The number of carbonyl (C=O) groups excluding carboxylic acids is 1. The molecule has 19 heavy (non-hydrogen) atoms. The molecule has 3 N–H and O–H groups in total. The number of nitrogens with one attached hydrogen (secondary N) is 1. The van der Waals surface area contributed by atoms with Gasteiger partial charge in [-0.2, -0.15) is 0 Å². The quantitative estimate of drug-likeness (QED) is 0.812. The van der Waals surface area contributed by atoms with Gasteiger partial charge < -0.3 is 11.1 Å². The number of carbonyl (C=O) groups is 1. The second-order valence-electron chi connectivity index (χ2n) is 4.48. The fourth-order valence-electron chi connectivity index (χ4n) is 1.78. The van der Waals surface area contributed by atoms with Crippen LogP contribution >= 0.6 is 0 Å². The third-order valence-corrected chi connectivity index (χ3v) is 2.97. The zero-order chi connectivity index (χ0) is 14.0. The molecule has 98 valence electrons. The maximum Gasteiger partial charge on any atom is 0.255 e. The van der Waals surface area contributed by atoms with Gasteiger partial charge in [-0.3, -0.25) is 4.79 Å². The van der Waals surface area contributed by atoms with Gasteiger partial charge in [-0.25, -0.2) is 4.39 Å². The lowest BCUT2D eigenvalue weighted by Gasteiger charge is -2.09. The molecule has 0 saturated heterocycles. The third-order valence-electron chi connectivity index (χ3n) is 2.97. The molecule has 0 bridgehead atoms. The zero-order valence-electron chi connectivity index (χ0n) is 10.8. The van der Waals surface area contributed by atoms with Crippen LogP contribution in [-0.2, 0) is 0 Å². The Morgan fingerprint density at radius 1 is 1.11 bits per heavy atom. The van der Waals surface area contributed by atoms with Gasteiger partial charge in [0.15, 0.2) is 0 Å². The molecule has 0 unspecified atom stereocenters. The number of amides is 1. The van der Waals surface area contributed by atoms with Gasteiger partial charge in [0.05, 0.1) is 0 Å². The SMILES string of the molecule is Cc1cc(C(=O)Nc2ccc(F)cc2C)ccc1N. The Bertz CT molecular complexity index is 638. The Balaban J connectivity index is 2.23. The van der Waals surface area contributed by atoms with Crippen molar-refractivity contribution in [2.24, 2.45) is 0 Å². The first-order valence-electron chi connectivity index (χ1n) is 5.91. The van der Waals surface area contributed by atoms with Crippen molar-refractivity contribution in [3.63, 3.8) is 0 Å². The lowest BCUT2D eigenvalue weighted by atomic mass is 10.1. The van der Waals surface area contributed by atoms with Crippen LogP contribution in [-0.4, -0.2) is 5.91 Å². The van der Waals surface area contributed by atoms with Crippen LogP contribution in [0.1, 0.15) is 21.5 Å². The highest BCUT2D eigenvalue weighted by Crippen LogP contribution is 2.18. The van der Waals surface area contributed by atoms with Crippen molar-refractivity contribution in [2.45, 2.75) is 13.8 Å². The van der Waals surface area contributed by atoms with Crippen molar-refractivity contribution in [3.05, 3.63) is 58.9 Å². The molecule has 2 rings (SSSR count). The fourth-order valence-corrected chi connectivity index (χ4v) is 1.78. The minimum Gasteiger partial charge on any atom is -0.399 e. The summed E-state index contributed by atoms with van der Waals surface area (Å²) in [6.07, 6.45) is 0. The predicted octanol–water partition coefficient (Wildman–Crippen LogP) is 3.28. The number of anilines is 2. The van der Waals surface area contributed by atoms with Gasteiger partial charge in [-0.1, -0.05) is 0 Å². The first kappa shape index (κ1) is 13.1. The van der Waals surface area contributed by atoms with E-state index >= 15 is 0 Å². The first-order valence-corrected chi connectivity index (χ1v) is 5.91. The molecule has 0 heterocycles. The fraction of sp³-hybridized carbons (Fsp3) is 0.133. The van der Waals surface area contributed by atoms with E-state index in [1.165, 1.54) is 12.1 Å². The van der Waals surface area contributed by atoms with Crippen LogP contribution in [0.2, 0.25) is 0 Å². The van der Waals surface area contributed by atoms with Gasteiger partial charge in [-0.05, 0) is 61.4 Å². The van der Waals surface area contributed by atoms with Gasteiger partial charge >= 0.3 is 0 Å². The van der Waals surface area contributed by atoms with Gasteiger partial charge in [0, 0.05) is 16.9 Å². The highest BCUT2D eigenvalue weighted by molar-refractivity contribution is 6.05. The molecule has 1 amide bonds. The summed E-state index contributed by atoms with van der Waals surface area (Å²) in [7, 11) is 0. The van der Waals surface area contributed by atoms with Crippen molar-refractivity contribution in [2.75, 3.05) is 11.1 Å². The van der Waals surface area contributed by atoms with E-state index in [-0.39, 0.29) is 11.7 Å². The summed E-state index contributed by atoms with van der Waals surface area (Å²) in [6.45, 7) is 3.59. The Morgan fingerprint density at radius 2 is 1.84 bits per heavy atom. The summed E-state index contributed by atoms with van der Waals surface area (Å²) in [5.74, 6) is -0.559. The van der Waals surface area contributed by atoms with E-state index in [4.69, 9.17) is 5.73 Å². The van der Waals surface area contributed by atoms with Crippen molar-refractivity contribution >= 4 is 17.3 Å². The van der Waals surface area contributed by atoms with Gasteiger partial charge in [0.1, 0.15) is 5.82 Å². The Labute approximate surface area is 111 Å².